The van der Waals surface area contributed by atoms with Gasteiger partial charge in [0, 0.05) is 24.9 Å². The minimum absolute atomic E-state index is 0.0313. The molecule has 0 saturated carbocycles. The van der Waals surface area contributed by atoms with E-state index in [0.29, 0.717) is 6.54 Å². The maximum Gasteiger partial charge on any atom is 0.191 e. The first-order chi connectivity index (χ1) is 12.5. The number of thiazole rings is 1. The van der Waals surface area contributed by atoms with Gasteiger partial charge in [-0.05, 0) is 32.9 Å². The molecule has 7 heteroatoms. The molecule has 1 aromatic heterocycles. The van der Waals surface area contributed by atoms with Crippen LogP contribution in [0.15, 0.2) is 29.3 Å². The number of guanidine groups is 1. The molecule has 1 atom stereocenters. The van der Waals surface area contributed by atoms with E-state index < -0.39 is 0 Å². The topological polar surface area (TPSA) is 67.8 Å². The van der Waals surface area contributed by atoms with Crippen molar-refractivity contribution in [3.8, 4) is 11.5 Å². The maximum absolute atomic E-state index is 5.95. The van der Waals surface area contributed by atoms with Crippen LogP contribution in [0.4, 0.5) is 0 Å². The molecule has 1 heterocycles. The van der Waals surface area contributed by atoms with Gasteiger partial charge in [0.2, 0.25) is 0 Å². The Labute approximate surface area is 159 Å². The van der Waals surface area contributed by atoms with Crippen LogP contribution in [0.2, 0.25) is 0 Å². The highest BCUT2D eigenvalue weighted by molar-refractivity contribution is 7.11. The van der Waals surface area contributed by atoms with Gasteiger partial charge >= 0.3 is 0 Å². The summed E-state index contributed by atoms with van der Waals surface area (Å²) in [6, 6.07) is 7.65. The zero-order valence-corrected chi connectivity index (χ0v) is 16.9. The zero-order valence-electron chi connectivity index (χ0n) is 16.1. The van der Waals surface area contributed by atoms with Gasteiger partial charge in [0.25, 0.3) is 0 Å². The molecule has 0 spiro atoms. The van der Waals surface area contributed by atoms with Crippen LogP contribution in [0, 0.1) is 13.8 Å². The molecule has 0 aliphatic heterocycles. The van der Waals surface area contributed by atoms with Crippen LogP contribution in [-0.4, -0.2) is 44.3 Å². The van der Waals surface area contributed by atoms with Crippen molar-refractivity contribution in [2.45, 2.75) is 33.3 Å². The van der Waals surface area contributed by atoms with Crippen LogP contribution in [0.25, 0.3) is 0 Å². The van der Waals surface area contributed by atoms with Gasteiger partial charge in [0.05, 0.1) is 24.4 Å². The lowest BCUT2D eigenvalue weighted by atomic mass is 10.3. The van der Waals surface area contributed by atoms with Crippen molar-refractivity contribution in [3.05, 3.63) is 39.8 Å². The summed E-state index contributed by atoms with van der Waals surface area (Å²) in [4.78, 5) is 10.0. The van der Waals surface area contributed by atoms with Crippen LogP contribution in [-0.2, 0) is 6.42 Å². The summed E-state index contributed by atoms with van der Waals surface area (Å²) in [5, 5.41) is 7.74. The molecule has 0 amide bonds. The van der Waals surface area contributed by atoms with Crippen LogP contribution in [0.3, 0.4) is 0 Å². The highest BCUT2D eigenvalue weighted by Crippen LogP contribution is 2.26. The number of aromatic nitrogens is 1. The summed E-state index contributed by atoms with van der Waals surface area (Å²) >= 11 is 1.75. The quantitative estimate of drug-likeness (QED) is 0.548. The Morgan fingerprint density at radius 2 is 1.96 bits per heavy atom. The summed E-state index contributed by atoms with van der Waals surface area (Å²) in [5.74, 6) is 2.24. The average molecular weight is 377 g/mol. The summed E-state index contributed by atoms with van der Waals surface area (Å²) in [6.45, 7) is 7.55. The molecule has 0 radical (unpaired) electrons. The molecule has 1 aromatic carbocycles. The summed E-state index contributed by atoms with van der Waals surface area (Å²) < 4.78 is 11.3. The fourth-order valence-electron chi connectivity index (χ4n) is 2.54. The number of hydrogen-bond donors (Lipinski definition) is 2. The molecule has 0 aliphatic rings. The van der Waals surface area contributed by atoms with Crippen molar-refractivity contribution in [2.75, 3.05) is 27.2 Å². The first kappa shape index (κ1) is 20.0. The largest absolute Gasteiger partial charge is 0.493 e. The Bertz CT molecular complexity index is 730. The maximum atomic E-state index is 5.95. The summed E-state index contributed by atoms with van der Waals surface area (Å²) in [6.07, 6.45) is 0.905. The van der Waals surface area contributed by atoms with Crippen molar-refractivity contribution in [1.29, 1.82) is 0 Å². The number of nitrogens with one attached hydrogen (secondary N) is 2. The van der Waals surface area contributed by atoms with Crippen molar-refractivity contribution in [1.82, 2.24) is 15.6 Å². The van der Waals surface area contributed by atoms with Crippen molar-refractivity contribution < 1.29 is 9.47 Å². The smallest absolute Gasteiger partial charge is 0.191 e. The van der Waals surface area contributed by atoms with Crippen molar-refractivity contribution >= 4 is 17.3 Å². The molecule has 2 aromatic rings. The van der Waals surface area contributed by atoms with E-state index in [1.54, 1.807) is 25.5 Å². The van der Waals surface area contributed by atoms with E-state index in [-0.39, 0.29) is 6.10 Å². The van der Waals surface area contributed by atoms with Gasteiger partial charge in [-0.1, -0.05) is 12.1 Å². The Balaban J connectivity index is 1.76. The van der Waals surface area contributed by atoms with Gasteiger partial charge < -0.3 is 20.1 Å². The fourth-order valence-corrected chi connectivity index (χ4v) is 3.47. The van der Waals surface area contributed by atoms with Crippen molar-refractivity contribution in [3.63, 3.8) is 0 Å². The molecule has 0 saturated heterocycles. The Morgan fingerprint density at radius 1 is 1.23 bits per heavy atom. The van der Waals surface area contributed by atoms with Crippen LogP contribution in [0.1, 0.15) is 22.5 Å². The first-order valence-electron chi connectivity index (χ1n) is 8.70. The highest BCUT2D eigenvalue weighted by atomic mass is 32.1. The van der Waals surface area contributed by atoms with E-state index in [1.807, 2.05) is 38.1 Å². The third-order valence-corrected chi connectivity index (χ3v) is 4.95. The number of benzene rings is 1. The number of methoxy groups -OCH3 is 1. The lowest BCUT2D eigenvalue weighted by Crippen LogP contribution is -2.42. The van der Waals surface area contributed by atoms with E-state index in [9.17, 15) is 0 Å². The Hall–Kier alpha value is -2.28. The minimum Gasteiger partial charge on any atom is -0.493 e. The van der Waals surface area contributed by atoms with Crippen LogP contribution >= 0.6 is 11.3 Å². The van der Waals surface area contributed by atoms with Gasteiger partial charge in [-0.15, -0.1) is 11.3 Å². The molecule has 142 valence electrons. The summed E-state index contributed by atoms with van der Waals surface area (Å²) in [7, 11) is 3.41. The summed E-state index contributed by atoms with van der Waals surface area (Å²) in [5.41, 5.74) is 1.12. The number of para-hydroxylation sites is 2. The number of ether oxygens (including phenoxy) is 2. The van der Waals surface area contributed by atoms with Crippen molar-refractivity contribution in [2.24, 2.45) is 4.99 Å². The zero-order chi connectivity index (χ0) is 18.9. The molecular weight excluding hydrogens is 348 g/mol. The van der Waals surface area contributed by atoms with E-state index in [0.717, 1.165) is 41.1 Å². The van der Waals surface area contributed by atoms with E-state index in [2.05, 4.69) is 27.5 Å². The second-order valence-electron chi connectivity index (χ2n) is 5.95. The lowest BCUT2D eigenvalue weighted by Gasteiger charge is -2.19. The number of aryl methyl sites for hydroxylation is 2. The highest BCUT2D eigenvalue weighted by Gasteiger charge is 2.10. The van der Waals surface area contributed by atoms with Gasteiger partial charge in [-0.2, -0.15) is 0 Å². The number of hydrogen-bond acceptors (Lipinski definition) is 5. The molecule has 0 bridgehead atoms. The predicted octanol–water partition coefficient (Wildman–Crippen LogP) is 2.94. The third kappa shape index (κ3) is 5.91. The normalized spacial score (nSPS) is 12.6. The van der Waals surface area contributed by atoms with E-state index in [4.69, 9.17) is 9.47 Å². The SMILES string of the molecule is CN=C(NCCc1sc(C)nc1C)NCC(C)Oc1ccccc1OC. The molecule has 2 rings (SSSR count). The Kier molecular flexibility index (Phi) is 7.72. The third-order valence-electron chi connectivity index (χ3n) is 3.82. The molecule has 26 heavy (non-hydrogen) atoms. The second-order valence-corrected chi connectivity index (χ2v) is 7.24. The molecule has 2 N–H and O–H groups in total. The molecule has 0 fully saturated rings. The van der Waals surface area contributed by atoms with Crippen LogP contribution in [0.5, 0.6) is 11.5 Å². The van der Waals surface area contributed by atoms with E-state index >= 15 is 0 Å². The van der Waals surface area contributed by atoms with E-state index in [1.165, 1.54) is 4.88 Å². The Morgan fingerprint density at radius 3 is 2.58 bits per heavy atom. The monoisotopic (exact) mass is 376 g/mol. The number of nitrogens with zero attached hydrogens (tertiary/aromatic N) is 2. The molecular formula is C19H28N4O2S. The average Bonchev–Trinajstić information content (AvgIpc) is 2.95. The number of rotatable bonds is 8. The van der Waals surface area contributed by atoms with Gasteiger partial charge in [0.1, 0.15) is 6.10 Å². The van der Waals surface area contributed by atoms with Crippen LogP contribution < -0.4 is 20.1 Å². The van der Waals surface area contributed by atoms with Gasteiger partial charge in [-0.3, -0.25) is 4.99 Å². The van der Waals surface area contributed by atoms with Gasteiger partial charge in [-0.25, -0.2) is 4.98 Å². The van der Waals surface area contributed by atoms with Gasteiger partial charge in [0.15, 0.2) is 17.5 Å². The molecule has 1 unspecified atom stereocenters. The second kappa shape index (κ2) is 10.0. The predicted molar refractivity (Wildman–Crippen MR) is 108 cm³/mol. The molecule has 6 nitrogen and oxygen atoms in total. The molecule has 0 aliphatic carbocycles. The standard InChI is InChI=1S/C19H28N4O2S/c1-13(25-17-9-7-6-8-16(17)24-5)12-22-19(20-4)21-11-10-18-14(2)23-15(3)26-18/h6-9,13H,10-12H2,1-5H3,(H2,20,21,22). The lowest BCUT2D eigenvalue weighted by molar-refractivity contribution is 0.213. The minimum atomic E-state index is -0.0313. The number of aliphatic imine (C=N–C) groups is 1. The fraction of sp³-hybridized carbons (Fsp3) is 0.474. The first-order valence-corrected chi connectivity index (χ1v) is 9.52.